The summed E-state index contributed by atoms with van der Waals surface area (Å²) in [6, 6.07) is 0. The van der Waals surface area contributed by atoms with E-state index in [9.17, 15) is 9.59 Å². The molecular weight excluding hydrogens is 194 g/mol. The second kappa shape index (κ2) is 4.21. The summed E-state index contributed by atoms with van der Waals surface area (Å²) in [6.45, 7) is 6.85. The van der Waals surface area contributed by atoms with Crippen molar-refractivity contribution in [2.75, 3.05) is 6.54 Å². The summed E-state index contributed by atoms with van der Waals surface area (Å²) in [7, 11) is 0. The van der Waals surface area contributed by atoms with Crippen LogP contribution in [0.4, 0.5) is 0 Å². The van der Waals surface area contributed by atoms with E-state index in [2.05, 4.69) is 26.1 Å². The number of nitrogens with one attached hydrogen (secondary N) is 1. The van der Waals surface area contributed by atoms with Crippen LogP contribution in [0.5, 0.6) is 0 Å². The highest BCUT2D eigenvalue weighted by Gasteiger charge is 2.48. The molecule has 0 bridgehead atoms. The van der Waals surface area contributed by atoms with Crippen LogP contribution in [0, 0.1) is 17.3 Å². The third-order valence-electron chi connectivity index (χ3n) is 3.14. The smallest absolute Gasteiger partial charge is 0.307 e. The first kappa shape index (κ1) is 12.0. The third kappa shape index (κ3) is 3.22. The molecule has 1 aliphatic carbocycles. The Labute approximate surface area is 90.0 Å². The van der Waals surface area contributed by atoms with E-state index >= 15 is 0 Å². The first-order valence-electron chi connectivity index (χ1n) is 5.38. The quantitative estimate of drug-likeness (QED) is 0.722. The Balaban J connectivity index is 2.30. The second-order valence-electron chi connectivity index (χ2n) is 5.02. The van der Waals surface area contributed by atoms with E-state index in [1.54, 1.807) is 0 Å². The van der Waals surface area contributed by atoms with Gasteiger partial charge in [0.2, 0.25) is 5.91 Å². The zero-order valence-electron chi connectivity index (χ0n) is 9.54. The van der Waals surface area contributed by atoms with Crippen molar-refractivity contribution in [2.45, 2.75) is 33.6 Å². The topological polar surface area (TPSA) is 66.4 Å². The molecular formula is C11H19NO3. The molecule has 15 heavy (non-hydrogen) atoms. The molecule has 0 radical (unpaired) electrons. The van der Waals surface area contributed by atoms with Gasteiger partial charge in [0, 0.05) is 6.54 Å². The fraction of sp³-hybridized carbons (Fsp3) is 0.818. The van der Waals surface area contributed by atoms with Crippen molar-refractivity contribution in [1.82, 2.24) is 5.32 Å². The van der Waals surface area contributed by atoms with Crippen LogP contribution in [0.25, 0.3) is 0 Å². The lowest BCUT2D eigenvalue weighted by Gasteiger charge is -2.22. The Morgan fingerprint density at radius 1 is 1.40 bits per heavy atom. The van der Waals surface area contributed by atoms with E-state index in [-0.39, 0.29) is 17.2 Å². The highest BCUT2D eigenvalue weighted by molar-refractivity contribution is 5.89. The van der Waals surface area contributed by atoms with Crippen LogP contribution in [0.15, 0.2) is 0 Å². The molecule has 0 unspecified atom stereocenters. The summed E-state index contributed by atoms with van der Waals surface area (Å²) in [5.74, 6) is -1.71. The van der Waals surface area contributed by atoms with E-state index < -0.39 is 11.9 Å². The van der Waals surface area contributed by atoms with Crippen molar-refractivity contribution < 1.29 is 14.7 Å². The molecule has 1 rings (SSSR count). The van der Waals surface area contributed by atoms with Gasteiger partial charge in [-0.1, -0.05) is 20.8 Å². The lowest BCUT2D eigenvalue weighted by Crippen LogP contribution is -2.35. The Kier molecular flexibility index (Phi) is 3.37. The predicted molar refractivity (Wildman–Crippen MR) is 56.3 cm³/mol. The van der Waals surface area contributed by atoms with E-state index in [0.29, 0.717) is 13.0 Å². The van der Waals surface area contributed by atoms with Gasteiger partial charge in [-0.2, -0.15) is 0 Å². The summed E-state index contributed by atoms with van der Waals surface area (Å²) in [4.78, 5) is 22.1. The van der Waals surface area contributed by atoms with Crippen LogP contribution >= 0.6 is 0 Å². The summed E-state index contributed by atoms with van der Waals surface area (Å²) in [5, 5.41) is 11.5. The minimum absolute atomic E-state index is 0.0866. The molecule has 2 N–H and O–H groups in total. The number of hydrogen-bond acceptors (Lipinski definition) is 2. The van der Waals surface area contributed by atoms with Crippen molar-refractivity contribution in [3.05, 3.63) is 0 Å². The van der Waals surface area contributed by atoms with Gasteiger partial charge >= 0.3 is 5.97 Å². The second-order valence-corrected chi connectivity index (χ2v) is 5.02. The molecule has 2 atom stereocenters. The maximum absolute atomic E-state index is 11.5. The van der Waals surface area contributed by atoms with E-state index in [0.717, 1.165) is 6.42 Å². The number of carbonyl (C=O) groups is 2. The van der Waals surface area contributed by atoms with Crippen LogP contribution < -0.4 is 5.32 Å². The van der Waals surface area contributed by atoms with Crippen LogP contribution in [0.3, 0.4) is 0 Å². The monoisotopic (exact) mass is 213 g/mol. The molecule has 1 fully saturated rings. The van der Waals surface area contributed by atoms with Crippen molar-refractivity contribution in [2.24, 2.45) is 17.3 Å². The predicted octanol–water partition coefficient (Wildman–Crippen LogP) is 1.26. The average Bonchev–Trinajstić information content (AvgIpc) is 2.94. The van der Waals surface area contributed by atoms with Crippen molar-refractivity contribution in [3.63, 3.8) is 0 Å². The largest absolute Gasteiger partial charge is 0.481 e. The number of carboxylic acid groups (broad SMARTS) is 1. The molecule has 4 nitrogen and oxygen atoms in total. The number of carboxylic acids is 1. The first-order chi connectivity index (χ1) is 6.87. The van der Waals surface area contributed by atoms with Gasteiger partial charge in [-0.15, -0.1) is 0 Å². The molecule has 0 saturated heterocycles. The number of amides is 1. The summed E-state index contributed by atoms with van der Waals surface area (Å²) in [6.07, 6.45) is 1.48. The van der Waals surface area contributed by atoms with Gasteiger partial charge < -0.3 is 10.4 Å². The fourth-order valence-electron chi connectivity index (χ4n) is 1.34. The molecule has 1 saturated carbocycles. The Morgan fingerprint density at radius 2 is 2.00 bits per heavy atom. The van der Waals surface area contributed by atoms with Gasteiger partial charge in [-0.05, 0) is 18.3 Å². The molecule has 0 aliphatic heterocycles. The fourth-order valence-corrected chi connectivity index (χ4v) is 1.34. The van der Waals surface area contributed by atoms with E-state index in [1.165, 1.54) is 0 Å². The maximum Gasteiger partial charge on any atom is 0.307 e. The first-order valence-corrected chi connectivity index (χ1v) is 5.38. The number of rotatable bonds is 5. The molecule has 0 aromatic heterocycles. The zero-order valence-corrected chi connectivity index (χ0v) is 9.54. The van der Waals surface area contributed by atoms with Crippen LogP contribution in [0.2, 0.25) is 0 Å². The minimum Gasteiger partial charge on any atom is -0.481 e. The molecule has 0 heterocycles. The molecule has 1 aliphatic rings. The Bertz CT molecular complexity index is 273. The van der Waals surface area contributed by atoms with Crippen molar-refractivity contribution >= 4 is 11.9 Å². The maximum atomic E-state index is 11.5. The van der Waals surface area contributed by atoms with Gasteiger partial charge in [0.15, 0.2) is 0 Å². The van der Waals surface area contributed by atoms with Gasteiger partial charge in [-0.3, -0.25) is 9.59 Å². The van der Waals surface area contributed by atoms with Gasteiger partial charge in [0.1, 0.15) is 0 Å². The Morgan fingerprint density at radius 3 is 2.40 bits per heavy atom. The number of aliphatic carboxylic acids is 1. The standard InChI is InChI=1S/C11H19NO3/c1-4-11(2,3)6-12-9(13)7-5-8(7)10(14)15/h7-8H,4-6H2,1-3H3,(H,12,13)(H,14,15)/t7-,8+/m1/s1. The molecule has 0 spiro atoms. The zero-order chi connectivity index (χ0) is 11.6. The Hall–Kier alpha value is -1.06. The molecule has 86 valence electrons. The van der Waals surface area contributed by atoms with Crippen molar-refractivity contribution in [3.8, 4) is 0 Å². The lowest BCUT2D eigenvalue weighted by molar-refractivity contribution is -0.140. The molecule has 0 aromatic rings. The summed E-state index contributed by atoms with van der Waals surface area (Å²) in [5.41, 5.74) is 0.0866. The highest BCUT2D eigenvalue weighted by Crippen LogP contribution is 2.38. The van der Waals surface area contributed by atoms with Gasteiger partial charge in [0.05, 0.1) is 11.8 Å². The van der Waals surface area contributed by atoms with Crippen molar-refractivity contribution in [1.29, 1.82) is 0 Å². The molecule has 0 aromatic carbocycles. The SMILES string of the molecule is CCC(C)(C)CNC(=O)[C@@H]1C[C@@H]1C(=O)O. The van der Waals surface area contributed by atoms with Crippen LogP contribution in [-0.2, 0) is 9.59 Å². The van der Waals surface area contributed by atoms with Crippen LogP contribution in [-0.4, -0.2) is 23.5 Å². The minimum atomic E-state index is -0.857. The van der Waals surface area contributed by atoms with E-state index in [4.69, 9.17) is 5.11 Å². The van der Waals surface area contributed by atoms with E-state index in [1.807, 2.05) is 0 Å². The number of carbonyl (C=O) groups excluding carboxylic acids is 1. The lowest BCUT2D eigenvalue weighted by atomic mass is 9.90. The van der Waals surface area contributed by atoms with Gasteiger partial charge in [0.25, 0.3) is 0 Å². The van der Waals surface area contributed by atoms with Gasteiger partial charge in [-0.25, -0.2) is 0 Å². The number of hydrogen-bond donors (Lipinski definition) is 2. The summed E-state index contributed by atoms with van der Waals surface area (Å²) < 4.78 is 0. The summed E-state index contributed by atoms with van der Waals surface area (Å²) >= 11 is 0. The van der Waals surface area contributed by atoms with Crippen LogP contribution in [0.1, 0.15) is 33.6 Å². The third-order valence-corrected chi connectivity index (χ3v) is 3.14. The normalized spacial score (nSPS) is 24.7. The average molecular weight is 213 g/mol. The molecule has 4 heteroatoms. The molecule has 1 amide bonds. The highest BCUT2D eigenvalue weighted by atomic mass is 16.4.